The average molecular weight is 1060 g/mol. The van der Waals surface area contributed by atoms with Gasteiger partial charge in [-0.1, -0.05) is 46.0 Å². The van der Waals surface area contributed by atoms with E-state index in [1.165, 1.54) is 21.6 Å². The Morgan fingerprint density at radius 2 is 1.36 bits per heavy atom. The number of carbonyl (C=O) groups is 10. The molecule has 5 unspecified atom stereocenters. The Balaban J connectivity index is 1.42. The van der Waals surface area contributed by atoms with Gasteiger partial charge in [-0.25, -0.2) is 9.78 Å². The molecule has 14 N–H and O–H groups in total. The zero-order valence-corrected chi connectivity index (χ0v) is 40.8. The Labute approximate surface area is 424 Å². The van der Waals surface area contributed by atoms with Crippen LogP contribution in [-0.4, -0.2) is 151 Å². The molecule has 3 aromatic rings. The summed E-state index contributed by atoms with van der Waals surface area (Å²) in [5, 5.41) is 48.4. The van der Waals surface area contributed by atoms with E-state index in [9.17, 15) is 68.1 Å². The van der Waals surface area contributed by atoms with E-state index in [0.717, 1.165) is 11.3 Å². The fourth-order valence-corrected chi connectivity index (χ4v) is 8.33. The largest absolute Gasteiger partial charge is 0.481 e. The zero-order chi connectivity index (χ0) is 54.2. The van der Waals surface area contributed by atoms with E-state index < -0.39 is 109 Å². The lowest BCUT2D eigenvalue weighted by molar-refractivity contribution is -0.145. The number of esters is 1. The molecule has 0 aliphatic rings. The minimum Gasteiger partial charge on any atom is -0.481 e. The number of aromatic nitrogens is 2. The van der Waals surface area contributed by atoms with Crippen LogP contribution in [0.15, 0.2) is 47.3 Å². The predicted octanol–water partition coefficient (Wildman–Crippen LogP) is -1.03. The Hall–Kier alpha value is -7.90. The van der Waals surface area contributed by atoms with Gasteiger partial charge >= 0.3 is 29.8 Å². The number of carbonyl (C=O) groups excluding carboxylic acids is 6. The fourth-order valence-electron chi connectivity index (χ4n) is 6.51. The molecule has 73 heavy (non-hydrogen) atoms. The van der Waals surface area contributed by atoms with Crippen molar-refractivity contribution in [1.29, 1.82) is 0 Å². The van der Waals surface area contributed by atoms with Crippen molar-refractivity contribution in [3.05, 3.63) is 70.4 Å². The van der Waals surface area contributed by atoms with Gasteiger partial charge in [0.05, 0.1) is 36.7 Å². The molecular weight excluding hydrogens is 1000 g/mol. The summed E-state index contributed by atoms with van der Waals surface area (Å²) in [7, 11) is 2.43. The molecule has 0 bridgehead atoms. The number of carboxylic acids is 4. The summed E-state index contributed by atoms with van der Waals surface area (Å²) in [4.78, 5) is 144. The average Bonchev–Trinajstić information content (AvgIpc) is 3.32. The van der Waals surface area contributed by atoms with Crippen LogP contribution in [0, 0.1) is 18.8 Å². The second-order valence-corrected chi connectivity index (χ2v) is 18.3. The number of amides is 5. The number of nitrogens with one attached hydrogen (secondary N) is 6. The van der Waals surface area contributed by atoms with Crippen molar-refractivity contribution >= 4 is 104 Å². The topological polar surface area (TPSA) is 422 Å². The maximum atomic E-state index is 13.1. The molecule has 394 valence electrons. The fraction of sp³-hybridized carbons (Fsp3) is 0.400. The van der Waals surface area contributed by atoms with Gasteiger partial charge < -0.3 is 74.5 Å². The van der Waals surface area contributed by atoms with Gasteiger partial charge in [0.15, 0.2) is 0 Å². The normalized spacial score (nSPS) is 12.8. The monoisotopic (exact) mass is 1060 g/mol. The van der Waals surface area contributed by atoms with Crippen LogP contribution in [0.4, 0.5) is 11.6 Å². The highest BCUT2D eigenvalue weighted by Crippen LogP contribution is 2.22. The van der Waals surface area contributed by atoms with Crippen molar-refractivity contribution in [2.45, 2.75) is 82.2 Å². The summed E-state index contributed by atoms with van der Waals surface area (Å²) in [5.74, 6) is -9.08. The number of H-pyrrole nitrogens is 1. The number of nitrogen functional groups attached to an aromatic ring is 1. The molecule has 3 rings (SSSR count). The summed E-state index contributed by atoms with van der Waals surface area (Å²) >= 11 is 0. The molecule has 5 atom stereocenters. The maximum Gasteiger partial charge on any atom is 0.327 e. The lowest BCUT2D eigenvalue weighted by Gasteiger charge is -2.25. The van der Waals surface area contributed by atoms with E-state index in [0.29, 0.717) is 28.8 Å². The third-order valence-corrected chi connectivity index (χ3v) is 12.5. The second-order valence-electron chi connectivity index (χ2n) is 15.6. The van der Waals surface area contributed by atoms with Crippen LogP contribution in [-0.2, 0) is 54.4 Å². The number of ether oxygens (including phenoxy) is 1. The van der Waals surface area contributed by atoms with Crippen LogP contribution in [0.2, 0.25) is 0 Å². The Morgan fingerprint density at radius 3 is 1.89 bits per heavy atom. The van der Waals surface area contributed by atoms with Crippen LogP contribution in [0.5, 0.6) is 0 Å². The lowest BCUT2D eigenvalue weighted by Crippen LogP contribution is -2.59. The van der Waals surface area contributed by atoms with Crippen LogP contribution < -0.4 is 48.5 Å². The molecule has 0 fully saturated rings. The number of fused-ring (bicyclic) bond motifs is 1. The Kier molecular flexibility index (Phi) is 24.5. The van der Waals surface area contributed by atoms with Crippen molar-refractivity contribution in [2.24, 2.45) is 5.73 Å². The number of nitrogens with two attached hydrogens (primary N) is 2. The van der Waals surface area contributed by atoms with Crippen LogP contribution in [0.1, 0.15) is 61.4 Å². The van der Waals surface area contributed by atoms with E-state index >= 15 is 0 Å². The van der Waals surface area contributed by atoms with Gasteiger partial charge in [-0.2, -0.15) is 6.92 Å². The van der Waals surface area contributed by atoms with E-state index in [-0.39, 0.29) is 55.6 Å². The number of aromatic amines is 1. The molecule has 0 radical (unpaired) electrons. The zero-order valence-electron chi connectivity index (χ0n) is 39.1. The van der Waals surface area contributed by atoms with Crippen molar-refractivity contribution in [2.75, 3.05) is 41.8 Å². The lowest BCUT2D eigenvalue weighted by atomic mass is 10.1. The van der Waals surface area contributed by atoms with E-state index in [1.807, 2.05) is 26.9 Å². The van der Waals surface area contributed by atoms with Gasteiger partial charge in [0.1, 0.15) is 30.8 Å². The van der Waals surface area contributed by atoms with Gasteiger partial charge in [-0.05, 0) is 42.0 Å². The van der Waals surface area contributed by atoms with Gasteiger partial charge in [0, 0.05) is 48.7 Å². The number of carboxylic acid groups (broad SMARTS) is 4. The Bertz CT molecular complexity index is 2590. The van der Waals surface area contributed by atoms with Crippen molar-refractivity contribution in [3.8, 4) is 12.3 Å². The van der Waals surface area contributed by atoms with Gasteiger partial charge in [0.25, 0.3) is 5.56 Å². The number of anilines is 2. The first kappa shape index (κ1) is 59.4. The molecule has 0 aliphatic heterocycles. The summed E-state index contributed by atoms with van der Waals surface area (Å²) in [6, 6.07) is 4.03. The quantitative estimate of drug-likeness (QED) is 0.0117. The second kappa shape index (κ2) is 30.1. The third kappa shape index (κ3) is 20.8. The van der Waals surface area contributed by atoms with E-state index in [2.05, 4.69) is 26.5 Å². The predicted molar refractivity (Wildman–Crippen MR) is 265 cm³/mol. The molecule has 0 saturated carbocycles. The minimum atomic E-state index is -2.03. The van der Waals surface area contributed by atoms with Crippen molar-refractivity contribution in [1.82, 2.24) is 36.6 Å². The number of hydrogen-bond donors (Lipinski definition) is 12. The molecule has 28 heteroatoms. The summed E-state index contributed by atoms with van der Waals surface area (Å²) < 4.78 is 5.29. The first-order valence-electron chi connectivity index (χ1n) is 22.0. The third-order valence-electron chi connectivity index (χ3n) is 10.1. The minimum absolute atomic E-state index is 0.00824. The molecule has 1 heterocycles. The smallest absolute Gasteiger partial charge is 0.327 e. The number of nitrogens with zero attached hydrogens (tertiary/aromatic N) is 2. The summed E-state index contributed by atoms with van der Waals surface area (Å²) in [6.07, 6.45) is 4.11. The summed E-state index contributed by atoms with van der Waals surface area (Å²) in [5.41, 5.74) is 12.9. The maximum absolute atomic E-state index is 13.1. The molecule has 5 amide bonds. The number of benzene rings is 2. The van der Waals surface area contributed by atoms with Crippen LogP contribution >= 0.6 is 21.6 Å². The standard InChI is InChI=1S/C45H55N10O16S2/c1-3-14-55(23-24-5-11-29-28(18-24)40(65)54-45(47)53-29)27-9-6-25(7-10-27)39(64)48-26(4-2)8-12-38(63)71-15-17-73-72-16-13-34(56)49-30(19-35(57)58)41(66)50-31(20-36(59)60)42(67)51-32(21-37(61)62)43(68)52-33(22-46)44(69)70/h1,4-7,9-11,18,26,30-33H,8,12-17,19-23,46H2,2H3,(H,48,64)(H,49,56)(H,50,66)(H,51,67)(H,52,68)(H,57,58)(H,59,60)(H,61,62)(H,69,70)(H3,47,53,54,65)/q-1. The highest BCUT2D eigenvalue weighted by Gasteiger charge is 2.34. The highest BCUT2D eigenvalue weighted by molar-refractivity contribution is 8.76. The Morgan fingerprint density at radius 1 is 0.795 bits per heavy atom. The molecule has 0 spiro atoms. The SMILES string of the molecule is C#CCN(Cc1ccc2nc(N)[nH]c(=O)c2c1)c1ccc(C(=O)NC([CH-]C)CCC(=O)OCCSSCCC(=O)NC(CC(=O)O)C(=O)NC(CC(=O)O)C(=O)NC(CC(=O)O)C(=O)NC(CN)C(=O)O)cc1. The highest BCUT2D eigenvalue weighted by atomic mass is 33.1. The van der Waals surface area contributed by atoms with Crippen LogP contribution in [0.25, 0.3) is 10.9 Å². The van der Waals surface area contributed by atoms with E-state index in [4.69, 9.17) is 27.7 Å². The number of rotatable bonds is 32. The molecule has 1 aromatic heterocycles. The van der Waals surface area contributed by atoms with Crippen molar-refractivity contribution < 1.29 is 73.1 Å². The van der Waals surface area contributed by atoms with E-state index in [1.54, 1.807) is 49.7 Å². The van der Waals surface area contributed by atoms with Gasteiger partial charge in [0.2, 0.25) is 35.5 Å². The van der Waals surface area contributed by atoms with Crippen LogP contribution in [0.3, 0.4) is 0 Å². The van der Waals surface area contributed by atoms with Gasteiger partial charge in [-0.3, -0.25) is 52.9 Å². The molecular formula is C45H55N10O16S2-. The summed E-state index contributed by atoms with van der Waals surface area (Å²) in [6.45, 7) is 1.73. The number of terminal acetylenes is 1. The first-order valence-corrected chi connectivity index (χ1v) is 24.5. The molecule has 0 aliphatic carbocycles. The molecule has 2 aromatic carbocycles. The molecule has 0 saturated heterocycles. The number of aliphatic carboxylic acids is 4. The molecule has 26 nitrogen and oxygen atoms in total. The van der Waals surface area contributed by atoms with Gasteiger partial charge in [-0.15, -0.1) is 6.42 Å². The first-order chi connectivity index (χ1) is 34.6. The number of hydrogen-bond acceptors (Lipinski definition) is 18. The van der Waals surface area contributed by atoms with Crippen molar-refractivity contribution in [3.63, 3.8) is 0 Å².